The number of aryl methyl sites for hydroxylation is 2. The quantitative estimate of drug-likeness (QED) is 0.849. The van der Waals surface area contributed by atoms with Crippen LogP contribution in [0.25, 0.3) is 0 Å². The van der Waals surface area contributed by atoms with Crippen LogP contribution in [0.1, 0.15) is 43.1 Å². The molecule has 1 aromatic heterocycles. The van der Waals surface area contributed by atoms with E-state index in [2.05, 4.69) is 28.7 Å². The predicted molar refractivity (Wildman–Crippen MR) is 86.8 cm³/mol. The number of hydrogen-bond acceptors (Lipinski definition) is 3. The average Bonchev–Trinajstić information content (AvgIpc) is 3.27. The summed E-state index contributed by atoms with van der Waals surface area (Å²) in [4.78, 5) is 17.2. The molecule has 0 radical (unpaired) electrons. The van der Waals surface area contributed by atoms with Crippen LogP contribution in [0.5, 0.6) is 0 Å². The number of carbonyl (C=O) groups excluding carboxylic acids is 1. The van der Waals surface area contributed by atoms with E-state index in [1.54, 1.807) is 0 Å². The number of aromatic nitrogens is 2. The summed E-state index contributed by atoms with van der Waals surface area (Å²) in [7, 11) is 1.97. The van der Waals surface area contributed by atoms with Gasteiger partial charge in [-0.1, -0.05) is 0 Å². The third kappa shape index (κ3) is 3.05. The van der Waals surface area contributed by atoms with Crippen LogP contribution < -0.4 is 0 Å². The Hall–Kier alpha value is -1.36. The lowest BCUT2D eigenvalue weighted by Gasteiger charge is -2.40. The summed E-state index contributed by atoms with van der Waals surface area (Å²) in [5, 5.41) is 4.44. The molecule has 2 heterocycles. The van der Waals surface area contributed by atoms with Gasteiger partial charge >= 0.3 is 0 Å². The Balaban J connectivity index is 1.55. The SMILES string of the molecule is Cc1nn(C)c(C)c1CCC(=O)N1CCN(C2CC2)CC1C. The highest BCUT2D eigenvalue weighted by Gasteiger charge is 2.35. The highest BCUT2D eigenvalue weighted by Crippen LogP contribution is 2.29. The number of rotatable bonds is 4. The molecule has 1 aromatic rings. The van der Waals surface area contributed by atoms with Gasteiger partial charge in [0, 0.05) is 50.9 Å². The lowest BCUT2D eigenvalue weighted by atomic mass is 10.1. The van der Waals surface area contributed by atoms with Crippen LogP contribution in [0.4, 0.5) is 0 Å². The topological polar surface area (TPSA) is 41.4 Å². The molecule has 1 saturated carbocycles. The second-order valence-corrected chi connectivity index (χ2v) is 6.94. The largest absolute Gasteiger partial charge is 0.337 e. The molecule has 5 heteroatoms. The molecule has 1 aliphatic carbocycles. The van der Waals surface area contributed by atoms with Gasteiger partial charge in [0.2, 0.25) is 5.91 Å². The van der Waals surface area contributed by atoms with Crippen molar-refractivity contribution in [2.24, 2.45) is 7.05 Å². The summed E-state index contributed by atoms with van der Waals surface area (Å²) < 4.78 is 1.91. The number of carbonyl (C=O) groups is 1. The predicted octanol–water partition coefficient (Wildman–Crippen LogP) is 1.66. The summed E-state index contributed by atoms with van der Waals surface area (Å²) in [5.41, 5.74) is 3.47. The highest BCUT2D eigenvalue weighted by atomic mass is 16.2. The van der Waals surface area contributed by atoms with Crippen molar-refractivity contribution >= 4 is 5.91 Å². The van der Waals surface area contributed by atoms with Crippen LogP contribution in [0.15, 0.2) is 0 Å². The summed E-state index contributed by atoms with van der Waals surface area (Å²) in [6.45, 7) is 9.28. The van der Waals surface area contributed by atoms with E-state index in [4.69, 9.17) is 0 Å². The maximum Gasteiger partial charge on any atom is 0.223 e. The highest BCUT2D eigenvalue weighted by molar-refractivity contribution is 5.77. The zero-order valence-electron chi connectivity index (χ0n) is 14.3. The van der Waals surface area contributed by atoms with Crippen molar-refractivity contribution in [3.05, 3.63) is 17.0 Å². The Bertz CT molecular complexity index is 561. The maximum atomic E-state index is 12.6. The van der Waals surface area contributed by atoms with E-state index in [-0.39, 0.29) is 0 Å². The van der Waals surface area contributed by atoms with Gasteiger partial charge in [-0.2, -0.15) is 5.10 Å². The van der Waals surface area contributed by atoms with Gasteiger partial charge < -0.3 is 4.90 Å². The summed E-state index contributed by atoms with van der Waals surface area (Å²) >= 11 is 0. The van der Waals surface area contributed by atoms with Crippen molar-refractivity contribution in [2.45, 2.75) is 58.5 Å². The zero-order chi connectivity index (χ0) is 15.9. The molecule has 1 atom stereocenters. The first-order valence-corrected chi connectivity index (χ1v) is 8.50. The third-order valence-corrected chi connectivity index (χ3v) is 5.29. The van der Waals surface area contributed by atoms with E-state index in [1.807, 2.05) is 18.7 Å². The van der Waals surface area contributed by atoms with E-state index in [9.17, 15) is 4.79 Å². The van der Waals surface area contributed by atoms with Crippen molar-refractivity contribution in [3.63, 3.8) is 0 Å². The monoisotopic (exact) mass is 304 g/mol. The Morgan fingerprint density at radius 3 is 2.55 bits per heavy atom. The molecule has 0 bridgehead atoms. The van der Waals surface area contributed by atoms with Crippen molar-refractivity contribution in [1.82, 2.24) is 19.6 Å². The molecule has 0 N–H and O–H groups in total. The molecule has 1 saturated heterocycles. The normalized spacial score (nSPS) is 23.1. The molecule has 1 amide bonds. The molecular formula is C17H28N4O. The molecule has 22 heavy (non-hydrogen) atoms. The van der Waals surface area contributed by atoms with E-state index in [1.165, 1.54) is 24.1 Å². The lowest BCUT2D eigenvalue weighted by molar-refractivity contribution is -0.135. The standard InChI is InChI=1S/C17H28N4O/c1-12-11-20(15-5-6-15)9-10-21(12)17(22)8-7-16-13(2)18-19(4)14(16)3/h12,15H,5-11H2,1-4H3. The molecule has 2 aliphatic rings. The van der Waals surface area contributed by atoms with Crippen LogP contribution in [-0.2, 0) is 18.3 Å². The van der Waals surface area contributed by atoms with Gasteiger partial charge in [-0.25, -0.2) is 0 Å². The molecular weight excluding hydrogens is 276 g/mol. The molecule has 122 valence electrons. The first-order valence-electron chi connectivity index (χ1n) is 8.50. The van der Waals surface area contributed by atoms with Crippen LogP contribution in [0.2, 0.25) is 0 Å². The van der Waals surface area contributed by atoms with E-state index in [0.717, 1.165) is 37.8 Å². The number of amides is 1. The second-order valence-electron chi connectivity index (χ2n) is 6.94. The van der Waals surface area contributed by atoms with Crippen LogP contribution in [0.3, 0.4) is 0 Å². The van der Waals surface area contributed by atoms with E-state index < -0.39 is 0 Å². The van der Waals surface area contributed by atoms with Gasteiger partial charge in [0.25, 0.3) is 0 Å². The van der Waals surface area contributed by atoms with Gasteiger partial charge in [0.15, 0.2) is 0 Å². The second kappa shape index (κ2) is 6.03. The Kier molecular flexibility index (Phi) is 4.26. The summed E-state index contributed by atoms with van der Waals surface area (Å²) in [6, 6.07) is 1.15. The first-order chi connectivity index (χ1) is 10.5. The molecule has 0 spiro atoms. The molecule has 1 unspecified atom stereocenters. The Labute approximate surface area is 133 Å². The molecule has 5 nitrogen and oxygen atoms in total. The zero-order valence-corrected chi connectivity index (χ0v) is 14.3. The van der Waals surface area contributed by atoms with Crippen molar-refractivity contribution in [1.29, 1.82) is 0 Å². The van der Waals surface area contributed by atoms with Gasteiger partial charge in [-0.05, 0) is 45.6 Å². The minimum Gasteiger partial charge on any atom is -0.337 e. The first kappa shape index (κ1) is 15.5. The van der Waals surface area contributed by atoms with Gasteiger partial charge in [-0.3, -0.25) is 14.4 Å². The van der Waals surface area contributed by atoms with Gasteiger partial charge in [0.05, 0.1) is 5.69 Å². The van der Waals surface area contributed by atoms with Crippen LogP contribution in [-0.4, -0.2) is 57.2 Å². The van der Waals surface area contributed by atoms with Gasteiger partial charge in [-0.15, -0.1) is 0 Å². The number of piperazine rings is 1. The number of hydrogen-bond donors (Lipinski definition) is 0. The Morgan fingerprint density at radius 1 is 1.27 bits per heavy atom. The van der Waals surface area contributed by atoms with Crippen molar-refractivity contribution in [2.75, 3.05) is 19.6 Å². The fraction of sp³-hybridized carbons (Fsp3) is 0.765. The maximum absolute atomic E-state index is 12.6. The number of nitrogens with zero attached hydrogens (tertiary/aromatic N) is 4. The van der Waals surface area contributed by atoms with E-state index in [0.29, 0.717) is 18.4 Å². The van der Waals surface area contributed by atoms with Crippen molar-refractivity contribution in [3.8, 4) is 0 Å². The molecule has 0 aromatic carbocycles. The average molecular weight is 304 g/mol. The third-order valence-electron chi connectivity index (χ3n) is 5.29. The smallest absolute Gasteiger partial charge is 0.223 e. The molecule has 3 rings (SSSR count). The summed E-state index contributed by atoms with van der Waals surface area (Å²) in [6.07, 6.45) is 4.10. The summed E-state index contributed by atoms with van der Waals surface area (Å²) in [5.74, 6) is 0.297. The lowest BCUT2D eigenvalue weighted by Crippen LogP contribution is -2.54. The van der Waals surface area contributed by atoms with Gasteiger partial charge in [0.1, 0.15) is 0 Å². The minimum atomic E-state index is 0.297. The minimum absolute atomic E-state index is 0.297. The molecule has 1 aliphatic heterocycles. The van der Waals surface area contributed by atoms with Crippen LogP contribution >= 0.6 is 0 Å². The van der Waals surface area contributed by atoms with Crippen LogP contribution in [0, 0.1) is 13.8 Å². The molecule has 2 fully saturated rings. The van der Waals surface area contributed by atoms with E-state index >= 15 is 0 Å². The fourth-order valence-electron chi connectivity index (χ4n) is 3.68. The Morgan fingerprint density at radius 2 is 2.00 bits per heavy atom. The fourth-order valence-corrected chi connectivity index (χ4v) is 3.68. The van der Waals surface area contributed by atoms with Crippen molar-refractivity contribution < 1.29 is 4.79 Å².